The lowest BCUT2D eigenvalue weighted by Gasteiger charge is -2.22. The standard InChI is InChI=1S/C14H22ClN3O/c1-4-18(7-5-6-17(2)3)14(19)11-8-12(15)10-13(16)9-11/h8-10H,4-7,16H2,1-3H3. The number of halogens is 1. The summed E-state index contributed by atoms with van der Waals surface area (Å²) in [6, 6.07) is 4.97. The highest BCUT2D eigenvalue weighted by Gasteiger charge is 2.14. The lowest BCUT2D eigenvalue weighted by molar-refractivity contribution is 0.0759. The predicted molar refractivity (Wildman–Crippen MR) is 80.6 cm³/mol. The minimum absolute atomic E-state index is 0.0181. The van der Waals surface area contributed by atoms with Crippen LogP contribution in [-0.4, -0.2) is 49.4 Å². The fraction of sp³-hybridized carbons (Fsp3) is 0.500. The number of nitrogens with two attached hydrogens (primary N) is 1. The van der Waals surface area contributed by atoms with Crippen molar-refractivity contribution in [2.45, 2.75) is 13.3 Å². The molecule has 1 aromatic carbocycles. The molecule has 0 aliphatic heterocycles. The summed E-state index contributed by atoms with van der Waals surface area (Å²) in [7, 11) is 4.05. The van der Waals surface area contributed by atoms with Gasteiger partial charge in [0, 0.05) is 29.4 Å². The molecule has 2 N–H and O–H groups in total. The van der Waals surface area contributed by atoms with Crippen molar-refractivity contribution < 1.29 is 4.79 Å². The molecule has 0 aliphatic carbocycles. The summed E-state index contributed by atoms with van der Waals surface area (Å²) in [6.45, 7) is 4.35. The zero-order chi connectivity index (χ0) is 14.4. The predicted octanol–water partition coefficient (Wildman–Crippen LogP) is 2.34. The van der Waals surface area contributed by atoms with Gasteiger partial charge in [-0.1, -0.05) is 11.6 Å². The molecule has 1 amide bonds. The van der Waals surface area contributed by atoms with Gasteiger partial charge in [0.25, 0.3) is 5.91 Å². The van der Waals surface area contributed by atoms with E-state index in [4.69, 9.17) is 17.3 Å². The van der Waals surface area contributed by atoms with Crippen LogP contribution >= 0.6 is 11.6 Å². The Bertz CT molecular complexity index is 414. The topological polar surface area (TPSA) is 49.6 Å². The maximum atomic E-state index is 12.4. The van der Waals surface area contributed by atoms with Crippen molar-refractivity contribution in [3.05, 3.63) is 28.8 Å². The molecule has 0 saturated heterocycles. The first-order valence-corrected chi connectivity index (χ1v) is 6.82. The third kappa shape index (κ3) is 5.09. The minimum atomic E-state index is -0.0181. The van der Waals surface area contributed by atoms with Crippen LogP contribution in [0.4, 0.5) is 5.69 Å². The van der Waals surface area contributed by atoms with Crippen molar-refractivity contribution >= 4 is 23.2 Å². The Hall–Kier alpha value is -1.26. The van der Waals surface area contributed by atoms with E-state index in [0.717, 1.165) is 19.5 Å². The number of carbonyl (C=O) groups excluding carboxylic acids is 1. The summed E-state index contributed by atoms with van der Waals surface area (Å²) >= 11 is 5.93. The van der Waals surface area contributed by atoms with Crippen LogP contribution in [-0.2, 0) is 0 Å². The van der Waals surface area contributed by atoms with Gasteiger partial charge in [-0.15, -0.1) is 0 Å². The molecule has 0 aromatic heterocycles. The smallest absolute Gasteiger partial charge is 0.253 e. The van der Waals surface area contributed by atoms with E-state index < -0.39 is 0 Å². The van der Waals surface area contributed by atoms with Crippen molar-refractivity contribution in [2.75, 3.05) is 39.5 Å². The second-order valence-corrected chi connectivity index (χ2v) is 5.25. The highest BCUT2D eigenvalue weighted by molar-refractivity contribution is 6.31. The van der Waals surface area contributed by atoms with E-state index in [1.165, 1.54) is 0 Å². The molecular formula is C14H22ClN3O. The van der Waals surface area contributed by atoms with E-state index in [2.05, 4.69) is 4.90 Å². The average Bonchev–Trinajstić information content (AvgIpc) is 2.32. The lowest BCUT2D eigenvalue weighted by Crippen LogP contribution is -2.33. The van der Waals surface area contributed by atoms with E-state index in [0.29, 0.717) is 22.8 Å². The number of hydrogen-bond acceptors (Lipinski definition) is 3. The van der Waals surface area contributed by atoms with Gasteiger partial charge in [-0.3, -0.25) is 4.79 Å². The van der Waals surface area contributed by atoms with Crippen LogP contribution in [0, 0.1) is 0 Å². The first-order chi connectivity index (χ1) is 8.93. The molecule has 4 nitrogen and oxygen atoms in total. The quantitative estimate of drug-likeness (QED) is 0.815. The molecule has 0 spiro atoms. The van der Waals surface area contributed by atoms with E-state index >= 15 is 0 Å². The van der Waals surface area contributed by atoms with Gasteiger partial charge in [0.05, 0.1) is 0 Å². The Labute approximate surface area is 120 Å². The molecule has 0 fully saturated rings. The fourth-order valence-electron chi connectivity index (χ4n) is 1.90. The molecule has 0 aliphatic rings. The Morgan fingerprint density at radius 3 is 2.47 bits per heavy atom. The fourth-order valence-corrected chi connectivity index (χ4v) is 2.14. The normalized spacial score (nSPS) is 10.8. The van der Waals surface area contributed by atoms with Crippen molar-refractivity contribution in [2.24, 2.45) is 0 Å². The molecule has 0 heterocycles. The molecule has 0 bridgehead atoms. The van der Waals surface area contributed by atoms with Gasteiger partial charge in [-0.2, -0.15) is 0 Å². The van der Waals surface area contributed by atoms with Crippen LogP contribution in [0.15, 0.2) is 18.2 Å². The van der Waals surface area contributed by atoms with Crippen LogP contribution in [0.25, 0.3) is 0 Å². The summed E-state index contributed by atoms with van der Waals surface area (Å²) in [5.41, 5.74) is 6.78. The second kappa shape index (κ2) is 7.36. The summed E-state index contributed by atoms with van der Waals surface area (Å²) in [5.74, 6) is -0.0181. The molecule has 0 unspecified atom stereocenters. The van der Waals surface area contributed by atoms with E-state index in [-0.39, 0.29) is 5.91 Å². The Morgan fingerprint density at radius 1 is 1.26 bits per heavy atom. The van der Waals surface area contributed by atoms with Crippen molar-refractivity contribution in [1.82, 2.24) is 9.80 Å². The van der Waals surface area contributed by atoms with E-state index in [9.17, 15) is 4.79 Å². The first-order valence-electron chi connectivity index (χ1n) is 6.44. The Kier molecular flexibility index (Phi) is 6.12. The Morgan fingerprint density at radius 2 is 1.95 bits per heavy atom. The largest absolute Gasteiger partial charge is 0.399 e. The van der Waals surface area contributed by atoms with Crippen molar-refractivity contribution in [3.8, 4) is 0 Å². The molecule has 5 heteroatoms. The maximum absolute atomic E-state index is 12.4. The Balaban J connectivity index is 2.72. The van der Waals surface area contributed by atoms with Gasteiger partial charge in [-0.05, 0) is 52.2 Å². The van der Waals surface area contributed by atoms with Crippen LogP contribution < -0.4 is 5.73 Å². The third-order valence-corrected chi connectivity index (χ3v) is 3.09. The number of nitrogens with zero attached hydrogens (tertiary/aromatic N) is 2. The van der Waals surface area contributed by atoms with Crippen molar-refractivity contribution in [3.63, 3.8) is 0 Å². The zero-order valence-corrected chi connectivity index (χ0v) is 12.6. The van der Waals surface area contributed by atoms with Gasteiger partial charge in [-0.25, -0.2) is 0 Å². The number of nitrogen functional groups attached to an aromatic ring is 1. The SMILES string of the molecule is CCN(CCCN(C)C)C(=O)c1cc(N)cc(Cl)c1. The van der Waals surface area contributed by atoms with Crippen LogP contribution in [0.1, 0.15) is 23.7 Å². The van der Waals surface area contributed by atoms with Gasteiger partial charge in [0.15, 0.2) is 0 Å². The molecule has 106 valence electrons. The van der Waals surface area contributed by atoms with Crippen LogP contribution in [0.5, 0.6) is 0 Å². The number of benzene rings is 1. The highest BCUT2D eigenvalue weighted by atomic mass is 35.5. The number of amides is 1. The number of rotatable bonds is 6. The summed E-state index contributed by atoms with van der Waals surface area (Å²) in [4.78, 5) is 16.3. The maximum Gasteiger partial charge on any atom is 0.253 e. The lowest BCUT2D eigenvalue weighted by atomic mass is 10.1. The zero-order valence-electron chi connectivity index (χ0n) is 11.8. The summed E-state index contributed by atoms with van der Waals surface area (Å²) in [6.07, 6.45) is 0.947. The molecule has 19 heavy (non-hydrogen) atoms. The van der Waals surface area contributed by atoms with E-state index in [1.54, 1.807) is 18.2 Å². The summed E-state index contributed by atoms with van der Waals surface area (Å²) in [5, 5.41) is 0.493. The van der Waals surface area contributed by atoms with Crippen LogP contribution in [0.2, 0.25) is 5.02 Å². The monoisotopic (exact) mass is 283 g/mol. The molecule has 0 saturated carbocycles. The second-order valence-electron chi connectivity index (χ2n) is 4.81. The third-order valence-electron chi connectivity index (χ3n) is 2.87. The van der Waals surface area contributed by atoms with Crippen molar-refractivity contribution in [1.29, 1.82) is 0 Å². The van der Waals surface area contributed by atoms with Gasteiger partial charge in [0.1, 0.15) is 0 Å². The minimum Gasteiger partial charge on any atom is -0.399 e. The number of hydrogen-bond donors (Lipinski definition) is 1. The number of carbonyl (C=O) groups is 1. The number of anilines is 1. The molecule has 1 rings (SSSR count). The molecule has 0 radical (unpaired) electrons. The first kappa shape index (κ1) is 15.8. The van der Waals surface area contributed by atoms with Gasteiger partial charge < -0.3 is 15.5 Å². The highest BCUT2D eigenvalue weighted by Crippen LogP contribution is 2.18. The molecule has 0 atom stereocenters. The molecule has 1 aromatic rings. The van der Waals surface area contributed by atoms with Gasteiger partial charge in [0.2, 0.25) is 0 Å². The van der Waals surface area contributed by atoms with Crippen LogP contribution in [0.3, 0.4) is 0 Å². The van der Waals surface area contributed by atoms with E-state index in [1.807, 2.05) is 25.9 Å². The average molecular weight is 284 g/mol. The summed E-state index contributed by atoms with van der Waals surface area (Å²) < 4.78 is 0. The molecular weight excluding hydrogens is 262 g/mol. The van der Waals surface area contributed by atoms with Gasteiger partial charge >= 0.3 is 0 Å².